The van der Waals surface area contributed by atoms with Crippen molar-refractivity contribution in [3.63, 3.8) is 0 Å². The largest absolute Gasteiger partial charge is 0.325 e. The van der Waals surface area contributed by atoms with Crippen LogP contribution in [0.3, 0.4) is 0 Å². The van der Waals surface area contributed by atoms with Crippen LogP contribution in [-0.4, -0.2) is 4.98 Å². The van der Waals surface area contributed by atoms with Crippen LogP contribution in [0.5, 0.6) is 0 Å². The number of rotatable bonds is 1. The summed E-state index contributed by atoms with van der Waals surface area (Å²) < 4.78 is 1.88. The molecule has 0 aliphatic carbocycles. The second-order valence-electron chi connectivity index (χ2n) is 1.39. The fourth-order valence-electron chi connectivity index (χ4n) is 0.432. The van der Waals surface area contributed by atoms with Gasteiger partial charge in [-0.2, -0.15) is 0 Å². The van der Waals surface area contributed by atoms with Crippen LogP contribution in [0.4, 0.5) is 0 Å². The zero-order valence-corrected chi connectivity index (χ0v) is 8.38. The summed E-state index contributed by atoms with van der Waals surface area (Å²) >= 11 is 8.10. The molecule has 5 heteroatoms. The van der Waals surface area contributed by atoms with Crippen molar-refractivity contribution in [2.75, 3.05) is 0 Å². The molecule has 0 aromatic carbocycles. The third-order valence-electron chi connectivity index (χ3n) is 0.817. The fourth-order valence-corrected chi connectivity index (χ4v) is 3.04. The van der Waals surface area contributed by atoms with Gasteiger partial charge in [0.2, 0.25) is 0 Å². The average Bonchev–Trinajstić information content (AvgIpc) is 2.10. The zero-order valence-electron chi connectivity index (χ0n) is 4.40. The number of halogens is 2. The molecule has 1 aromatic heterocycles. The standard InChI is InChI=1S/C4H4Br2N2S/c5-3-2(1-7)8-4(6)9-3/h1,7H2. The molecule has 2 N–H and O–H groups in total. The van der Waals surface area contributed by atoms with Gasteiger partial charge >= 0.3 is 0 Å². The third kappa shape index (κ3) is 1.73. The lowest BCUT2D eigenvalue weighted by Gasteiger charge is -1.84. The van der Waals surface area contributed by atoms with Crippen molar-refractivity contribution in [2.45, 2.75) is 6.54 Å². The maximum atomic E-state index is 5.36. The van der Waals surface area contributed by atoms with Crippen LogP contribution >= 0.6 is 43.2 Å². The first-order valence-corrected chi connectivity index (χ1v) is 4.65. The number of hydrogen-bond donors (Lipinski definition) is 1. The van der Waals surface area contributed by atoms with Gasteiger partial charge in [-0.3, -0.25) is 0 Å². The number of nitrogens with zero attached hydrogens (tertiary/aromatic N) is 1. The molecular weight excluding hydrogens is 268 g/mol. The minimum absolute atomic E-state index is 0.489. The monoisotopic (exact) mass is 270 g/mol. The van der Waals surface area contributed by atoms with E-state index in [4.69, 9.17) is 5.73 Å². The minimum Gasteiger partial charge on any atom is -0.325 e. The molecule has 0 amide bonds. The Morgan fingerprint density at radius 3 is 2.44 bits per heavy atom. The maximum Gasteiger partial charge on any atom is 0.160 e. The Labute approximate surface area is 73.7 Å². The molecule has 0 fully saturated rings. The Bertz CT molecular complexity index is 210. The Hall–Kier alpha value is 0.550. The van der Waals surface area contributed by atoms with Crippen LogP contribution in [0.1, 0.15) is 5.69 Å². The first-order chi connectivity index (χ1) is 4.24. The Balaban J connectivity index is 3.01. The van der Waals surface area contributed by atoms with E-state index in [0.29, 0.717) is 6.54 Å². The number of aromatic nitrogens is 1. The molecule has 0 saturated carbocycles. The van der Waals surface area contributed by atoms with Gasteiger partial charge in [-0.05, 0) is 31.9 Å². The van der Waals surface area contributed by atoms with Crippen molar-refractivity contribution >= 4 is 43.2 Å². The molecule has 2 nitrogen and oxygen atoms in total. The van der Waals surface area contributed by atoms with Gasteiger partial charge in [-0.1, -0.05) is 11.3 Å². The van der Waals surface area contributed by atoms with E-state index in [1.165, 1.54) is 11.3 Å². The summed E-state index contributed by atoms with van der Waals surface area (Å²) in [6.45, 7) is 0.489. The number of hydrogen-bond acceptors (Lipinski definition) is 3. The van der Waals surface area contributed by atoms with Gasteiger partial charge in [0.05, 0.1) is 9.48 Å². The molecule has 1 rings (SSSR count). The van der Waals surface area contributed by atoms with Gasteiger partial charge in [0, 0.05) is 6.54 Å². The Kier molecular flexibility index (Phi) is 2.63. The summed E-state index contributed by atoms with van der Waals surface area (Å²) in [7, 11) is 0. The SMILES string of the molecule is NCc1nc(Br)sc1Br. The summed E-state index contributed by atoms with van der Waals surface area (Å²) in [5.74, 6) is 0. The first-order valence-electron chi connectivity index (χ1n) is 2.25. The highest BCUT2D eigenvalue weighted by Gasteiger charge is 2.03. The Morgan fingerprint density at radius 2 is 2.22 bits per heavy atom. The van der Waals surface area contributed by atoms with E-state index in [9.17, 15) is 0 Å². The highest BCUT2D eigenvalue weighted by Crippen LogP contribution is 2.27. The van der Waals surface area contributed by atoms with Crippen LogP contribution in [-0.2, 0) is 6.54 Å². The predicted octanol–water partition coefficient (Wildman–Crippen LogP) is 2.13. The van der Waals surface area contributed by atoms with Gasteiger partial charge in [0.25, 0.3) is 0 Å². The van der Waals surface area contributed by atoms with Crippen molar-refractivity contribution in [2.24, 2.45) is 5.73 Å². The maximum absolute atomic E-state index is 5.36. The molecule has 1 aromatic rings. The quantitative estimate of drug-likeness (QED) is 0.850. The topological polar surface area (TPSA) is 38.9 Å². The van der Waals surface area contributed by atoms with Gasteiger partial charge in [-0.25, -0.2) is 4.98 Å². The summed E-state index contributed by atoms with van der Waals surface area (Å²) in [4.78, 5) is 4.09. The van der Waals surface area contributed by atoms with Gasteiger partial charge in [0.15, 0.2) is 3.92 Å². The highest BCUT2D eigenvalue weighted by atomic mass is 79.9. The summed E-state index contributed by atoms with van der Waals surface area (Å²) in [6.07, 6.45) is 0. The first kappa shape index (κ1) is 7.65. The number of thiazole rings is 1. The second-order valence-corrected chi connectivity index (χ2v) is 4.98. The second kappa shape index (κ2) is 3.09. The average molecular weight is 272 g/mol. The van der Waals surface area contributed by atoms with Crippen molar-refractivity contribution in [3.05, 3.63) is 13.4 Å². The van der Waals surface area contributed by atoms with Gasteiger partial charge < -0.3 is 5.73 Å². The van der Waals surface area contributed by atoms with Crippen LogP contribution in [0.15, 0.2) is 7.70 Å². The van der Waals surface area contributed by atoms with E-state index in [1.807, 2.05) is 0 Å². The lowest BCUT2D eigenvalue weighted by Crippen LogP contribution is -1.96. The van der Waals surface area contributed by atoms with E-state index in [1.54, 1.807) is 0 Å². The van der Waals surface area contributed by atoms with Crippen molar-refractivity contribution in [3.8, 4) is 0 Å². The lowest BCUT2D eigenvalue weighted by molar-refractivity contribution is 0.998. The summed E-state index contributed by atoms with van der Waals surface area (Å²) in [5.41, 5.74) is 6.27. The minimum atomic E-state index is 0.489. The molecule has 50 valence electrons. The van der Waals surface area contributed by atoms with Crippen LogP contribution in [0.2, 0.25) is 0 Å². The predicted molar refractivity (Wildman–Crippen MR) is 45.4 cm³/mol. The molecule has 0 bridgehead atoms. The van der Waals surface area contributed by atoms with Gasteiger partial charge in [0.1, 0.15) is 0 Å². The van der Waals surface area contributed by atoms with E-state index in [0.717, 1.165) is 13.4 Å². The molecule has 0 aliphatic heterocycles. The molecule has 0 spiro atoms. The lowest BCUT2D eigenvalue weighted by atomic mass is 10.5. The summed E-state index contributed by atoms with van der Waals surface area (Å²) in [5, 5.41) is 0. The van der Waals surface area contributed by atoms with Crippen LogP contribution in [0, 0.1) is 0 Å². The molecule has 9 heavy (non-hydrogen) atoms. The number of nitrogens with two attached hydrogens (primary N) is 1. The Morgan fingerprint density at radius 1 is 1.56 bits per heavy atom. The van der Waals surface area contributed by atoms with E-state index in [2.05, 4.69) is 36.8 Å². The van der Waals surface area contributed by atoms with Crippen LogP contribution in [0.25, 0.3) is 0 Å². The summed E-state index contributed by atoms with van der Waals surface area (Å²) in [6, 6.07) is 0. The normalized spacial score (nSPS) is 10.1. The van der Waals surface area contributed by atoms with Crippen LogP contribution < -0.4 is 5.73 Å². The van der Waals surface area contributed by atoms with Crippen molar-refractivity contribution < 1.29 is 0 Å². The molecule has 0 radical (unpaired) electrons. The molecule has 0 aliphatic rings. The zero-order chi connectivity index (χ0) is 6.85. The molecule has 0 atom stereocenters. The van der Waals surface area contributed by atoms with Gasteiger partial charge in [-0.15, -0.1) is 0 Å². The molecular formula is C4H4Br2N2S. The van der Waals surface area contributed by atoms with E-state index < -0.39 is 0 Å². The van der Waals surface area contributed by atoms with E-state index >= 15 is 0 Å². The third-order valence-corrected chi connectivity index (χ3v) is 3.10. The molecule has 0 saturated heterocycles. The molecule has 0 unspecified atom stereocenters. The molecule has 1 heterocycles. The van der Waals surface area contributed by atoms with Crippen molar-refractivity contribution in [1.82, 2.24) is 4.98 Å². The van der Waals surface area contributed by atoms with E-state index in [-0.39, 0.29) is 0 Å². The fraction of sp³-hybridized carbons (Fsp3) is 0.250. The van der Waals surface area contributed by atoms with Crippen molar-refractivity contribution in [1.29, 1.82) is 0 Å². The smallest absolute Gasteiger partial charge is 0.160 e. The highest BCUT2D eigenvalue weighted by molar-refractivity contribution is 9.12.